The van der Waals surface area contributed by atoms with Crippen LogP contribution in [0, 0.1) is 17.3 Å². The van der Waals surface area contributed by atoms with Gasteiger partial charge in [0.15, 0.2) is 11.6 Å². The number of hydrogen-bond acceptors (Lipinski definition) is 5. The first kappa shape index (κ1) is 19.0. The second kappa shape index (κ2) is 6.17. The van der Waals surface area contributed by atoms with E-state index < -0.39 is 11.4 Å². The van der Waals surface area contributed by atoms with Crippen molar-refractivity contribution >= 4 is 0 Å². The monoisotopic (exact) mass is 402 g/mol. The minimum atomic E-state index is -0.931. The molecule has 1 spiro atoms. The van der Waals surface area contributed by atoms with Gasteiger partial charge in [-0.15, -0.1) is 0 Å². The average molecular weight is 403 g/mol. The lowest BCUT2D eigenvalue weighted by Gasteiger charge is -2.54. The van der Waals surface area contributed by atoms with E-state index in [4.69, 9.17) is 18.9 Å². The SMILES string of the molecule is CC1([C@@]2(O)CCC3C4CCC5=C(CCC6(C5)OCCO6)C4=CCC32C)OCCO1. The summed E-state index contributed by atoms with van der Waals surface area (Å²) >= 11 is 0. The van der Waals surface area contributed by atoms with E-state index in [9.17, 15) is 5.11 Å². The molecule has 6 aliphatic rings. The van der Waals surface area contributed by atoms with Crippen LogP contribution in [0.4, 0.5) is 0 Å². The molecular weight excluding hydrogens is 368 g/mol. The largest absolute Gasteiger partial charge is 0.384 e. The molecular formula is C24H34O5. The highest BCUT2D eigenvalue weighted by Crippen LogP contribution is 2.66. The van der Waals surface area contributed by atoms with Gasteiger partial charge in [0.05, 0.1) is 26.4 Å². The maximum Gasteiger partial charge on any atom is 0.195 e. The summed E-state index contributed by atoms with van der Waals surface area (Å²) in [5.74, 6) is -0.184. The number of hydrogen-bond donors (Lipinski definition) is 1. The molecule has 160 valence electrons. The summed E-state index contributed by atoms with van der Waals surface area (Å²) in [6, 6.07) is 0. The van der Waals surface area contributed by atoms with Crippen molar-refractivity contribution in [3.8, 4) is 0 Å². The fourth-order valence-electron chi connectivity index (χ4n) is 7.81. The highest BCUT2D eigenvalue weighted by atomic mass is 16.8. The predicted molar refractivity (Wildman–Crippen MR) is 107 cm³/mol. The van der Waals surface area contributed by atoms with E-state index in [1.165, 1.54) is 6.42 Å². The van der Waals surface area contributed by atoms with E-state index in [0.717, 1.165) is 58.2 Å². The van der Waals surface area contributed by atoms with Crippen LogP contribution in [0.1, 0.15) is 65.2 Å². The zero-order valence-electron chi connectivity index (χ0n) is 17.8. The number of allylic oxidation sites excluding steroid dienone is 3. The molecule has 1 saturated carbocycles. The molecule has 5 nitrogen and oxygen atoms in total. The highest BCUT2D eigenvalue weighted by molar-refractivity contribution is 5.45. The Hall–Kier alpha value is -0.720. The van der Waals surface area contributed by atoms with Crippen LogP contribution in [-0.4, -0.2) is 48.7 Å². The summed E-state index contributed by atoms with van der Waals surface area (Å²) in [7, 11) is 0. The van der Waals surface area contributed by atoms with Crippen LogP contribution < -0.4 is 0 Å². The highest BCUT2D eigenvalue weighted by Gasteiger charge is 2.68. The third-order valence-electron chi connectivity index (χ3n) is 9.39. The van der Waals surface area contributed by atoms with Crippen molar-refractivity contribution < 1.29 is 24.1 Å². The molecule has 4 aliphatic carbocycles. The van der Waals surface area contributed by atoms with Crippen molar-refractivity contribution in [3.05, 3.63) is 22.8 Å². The second-order valence-electron chi connectivity index (χ2n) is 10.4. The second-order valence-corrected chi connectivity index (χ2v) is 10.4. The lowest BCUT2D eigenvalue weighted by molar-refractivity contribution is -0.293. The molecule has 2 heterocycles. The topological polar surface area (TPSA) is 57.2 Å². The van der Waals surface area contributed by atoms with Crippen molar-refractivity contribution in [3.63, 3.8) is 0 Å². The summed E-state index contributed by atoms with van der Waals surface area (Å²) in [6.07, 6.45) is 10.5. The van der Waals surface area contributed by atoms with E-state index in [1.807, 2.05) is 6.92 Å². The molecule has 0 amide bonds. The first-order chi connectivity index (χ1) is 13.9. The molecule has 2 saturated heterocycles. The van der Waals surface area contributed by atoms with Gasteiger partial charge in [0.1, 0.15) is 5.60 Å². The van der Waals surface area contributed by atoms with Gasteiger partial charge >= 0.3 is 0 Å². The zero-order chi connectivity index (χ0) is 19.9. The third-order valence-corrected chi connectivity index (χ3v) is 9.39. The molecule has 0 aromatic heterocycles. The average Bonchev–Trinajstić information content (AvgIpc) is 3.42. The lowest BCUT2D eigenvalue weighted by Crippen LogP contribution is -2.62. The summed E-state index contributed by atoms with van der Waals surface area (Å²) in [4.78, 5) is 0. The summed E-state index contributed by atoms with van der Waals surface area (Å²) < 4.78 is 24.0. The van der Waals surface area contributed by atoms with Gasteiger partial charge in [-0.3, -0.25) is 0 Å². The zero-order valence-corrected chi connectivity index (χ0v) is 17.8. The first-order valence-electron chi connectivity index (χ1n) is 11.6. The smallest absolute Gasteiger partial charge is 0.195 e. The van der Waals surface area contributed by atoms with Gasteiger partial charge in [0.25, 0.3) is 0 Å². The van der Waals surface area contributed by atoms with Gasteiger partial charge in [-0.25, -0.2) is 0 Å². The number of rotatable bonds is 1. The Morgan fingerprint density at radius 3 is 2.41 bits per heavy atom. The summed E-state index contributed by atoms with van der Waals surface area (Å²) in [6.45, 7) is 6.86. The van der Waals surface area contributed by atoms with E-state index in [0.29, 0.717) is 25.0 Å². The lowest BCUT2D eigenvalue weighted by atomic mass is 9.55. The first-order valence-corrected chi connectivity index (χ1v) is 11.6. The van der Waals surface area contributed by atoms with Crippen molar-refractivity contribution in [1.29, 1.82) is 0 Å². The minimum Gasteiger partial charge on any atom is -0.384 e. The van der Waals surface area contributed by atoms with Crippen LogP contribution in [-0.2, 0) is 18.9 Å². The molecule has 0 bridgehead atoms. The Balaban J connectivity index is 1.33. The third kappa shape index (κ3) is 2.40. The van der Waals surface area contributed by atoms with Crippen molar-refractivity contribution in [2.75, 3.05) is 26.4 Å². The summed E-state index contributed by atoms with van der Waals surface area (Å²) in [5, 5.41) is 11.9. The van der Waals surface area contributed by atoms with Gasteiger partial charge in [-0.05, 0) is 68.4 Å². The maximum atomic E-state index is 11.9. The molecule has 5 heteroatoms. The fraction of sp³-hybridized carbons (Fsp3) is 0.833. The molecule has 4 atom stereocenters. The minimum absolute atomic E-state index is 0.202. The van der Waals surface area contributed by atoms with Gasteiger partial charge < -0.3 is 24.1 Å². The predicted octanol–water partition coefficient (Wildman–Crippen LogP) is 3.86. The standard InChI is InChI=1S/C24H34O5/c1-21-8-5-18-17-6-9-23(28-13-14-29-23)15-16(17)3-4-19(18)20(21)7-10-24(21,25)22(2)26-11-12-27-22/h5,19-20,25H,3-4,6-15H2,1-2H3/t19?,20?,21?,24-/m1/s1. The Morgan fingerprint density at radius 1 is 0.931 bits per heavy atom. The number of aliphatic hydroxyl groups is 1. The van der Waals surface area contributed by atoms with E-state index in [1.54, 1.807) is 16.7 Å². The maximum absolute atomic E-state index is 11.9. The van der Waals surface area contributed by atoms with Crippen LogP contribution in [0.5, 0.6) is 0 Å². The number of ether oxygens (including phenoxy) is 4. The molecule has 3 unspecified atom stereocenters. The molecule has 6 rings (SSSR count). The Kier molecular flexibility index (Phi) is 4.04. The Labute approximate surface area is 173 Å². The van der Waals surface area contributed by atoms with Crippen LogP contribution in [0.15, 0.2) is 22.8 Å². The van der Waals surface area contributed by atoms with Crippen molar-refractivity contribution in [1.82, 2.24) is 0 Å². The molecule has 0 radical (unpaired) electrons. The Morgan fingerprint density at radius 2 is 1.66 bits per heavy atom. The van der Waals surface area contributed by atoms with Gasteiger partial charge in [0.2, 0.25) is 0 Å². The van der Waals surface area contributed by atoms with Crippen LogP contribution in [0.2, 0.25) is 0 Å². The van der Waals surface area contributed by atoms with Crippen molar-refractivity contribution in [2.45, 2.75) is 82.4 Å². The molecule has 1 N–H and O–H groups in total. The van der Waals surface area contributed by atoms with Crippen LogP contribution >= 0.6 is 0 Å². The van der Waals surface area contributed by atoms with Gasteiger partial charge in [-0.2, -0.15) is 0 Å². The number of fused-ring (bicyclic) bond motifs is 4. The summed E-state index contributed by atoms with van der Waals surface area (Å²) in [5.41, 5.74) is 3.59. The molecule has 29 heavy (non-hydrogen) atoms. The van der Waals surface area contributed by atoms with E-state index in [-0.39, 0.29) is 11.2 Å². The molecule has 3 fully saturated rings. The normalized spacial score (nSPS) is 45.1. The van der Waals surface area contributed by atoms with E-state index >= 15 is 0 Å². The molecule has 0 aromatic rings. The molecule has 2 aliphatic heterocycles. The van der Waals surface area contributed by atoms with E-state index in [2.05, 4.69) is 13.0 Å². The van der Waals surface area contributed by atoms with Crippen molar-refractivity contribution in [2.24, 2.45) is 17.3 Å². The van der Waals surface area contributed by atoms with Gasteiger partial charge in [0, 0.05) is 18.3 Å². The quantitative estimate of drug-likeness (QED) is 0.722. The van der Waals surface area contributed by atoms with Gasteiger partial charge in [-0.1, -0.05) is 18.6 Å². The fourth-order valence-corrected chi connectivity index (χ4v) is 7.81. The van der Waals surface area contributed by atoms with Crippen LogP contribution in [0.25, 0.3) is 0 Å². The van der Waals surface area contributed by atoms with Crippen LogP contribution in [0.3, 0.4) is 0 Å². The molecule has 0 aromatic carbocycles. The Bertz CT molecular complexity index is 772.